The van der Waals surface area contributed by atoms with Crippen LogP contribution < -0.4 is 4.74 Å². The van der Waals surface area contributed by atoms with Crippen molar-refractivity contribution in [1.82, 2.24) is 28.2 Å². The highest BCUT2D eigenvalue weighted by atomic mass is 35.5. The second kappa shape index (κ2) is 16.6. The van der Waals surface area contributed by atoms with Crippen LogP contribution >= 0.6 is 46.4 Å². The number of ether oxygens (including phenoxy) is 1. The van der Waals surface area contributed by atoms with Gasteiger partial charge in [-0.15, -0.1) is 0 Å². The van der Waals surface area contributed by atoms with Crippen LogP contribution in [0.4, 0.5) is 26.3 Å². The fourth-order valence-corrected chi connectivity index (χ4v) is 11.4. The number of carbonyl (C=O) groups excluding carboxylic acids is 2. The number of carbonyl (C=O) groups is 2. The first-order chi connectivity index (χ1) is 29.4. The van der Waals surface area contributed by atoms with Gasteiger partial charge in [-0.2, -0.15) is 61.5 Å². The minimum absolute atomic E-state index is 0.0503. The minimum Gasteiger partial charge on any atom is -0.457 e. The molecule has 0 bridgehead atoms. The summed E-state index contributed by atoms with van der Waals surface area (Å²) in [6.45, 7) is 0.752. The number of nitrogens with zero attached hydrogens (tertiary/aromatic N) is 6. The Balaban J connectivity index is 0.875. The molecule has 0 saturated carbocycles. The van der Waals surface area contributed by atoms with Crippen molar-refractivity contribution in [2.75, 3.05) is 13.1 Å². The number of halogens is 10. The molecule has 63 heavy (non-hydrogen) atoms. The van der Waals surface area contributed by atoms with Crippen LogP contribution in [-0.4, -0.2) is 93.0 Å². The zero-order valence-electron chi connectivity index (χ0n) is 32.4. The number of amides is 2. The third kappa shape index (κ3) is 8.61. The van der Waals surface area contributed by atoms with Gasteiger partial charge in [0.1, 0.15) is 11.5 Å². The van der Waals surface area contributed by atoms with Crippen molar-refractivity contribution in [2.24, 2.45) is 11.8 Å². The summed E-state index contributed by atoms with van der Waals surface area (Å²) in [4.78, 5) is 30.5. The van der Waals surface area contributed by atoms with E-state index in [2.05, 4.69) is 10.2 Å². The monoisotopic (exact) mass is 1000 g/mol. The number of hydrogen-bond acceptors (Lipinski definition) is 9. The molecule has 4 aromatic rings. The number of likely N-dealkylation sites (tertiary alicyclic amines) is 2. The maximum absolute atomic E-state index is 13.6. The van der Waals surface area contributed by atoms with Gasteiger partial charge in [0.25, 0.3) is 0 Å². The molecule has 2 amide bonds. The highest BCUT2D eigenvalue weighted by Gasteiger charge is 2.50. The predicted molar refractivity (Wildman–Crippen MR) is 217 cm³/mol. The van der Waals surface area contributed by atoms with E-state index in [9.17, 15) is 52.8 Å². The average molecular weight is 1010 g/mol. The van der Waals surface area contributed by atoms with E-state index in [0.717, 1.165) is 12.4 Å². The van der Waals surface area contributed by atoms with Crippen LogP contribution in [0.5, 0.6) is 11.5 Å². The van der Waals surface area contributed by atoms with Crippen LogP contribution in [0, 0.1) is 11.8 Å². The van der Waals surface area contributed by atoms with Gasteiger partial charge in [-0.25, -0.2) is 0 Å². The van der Waals surface area contributed by atoms with E-state index in [0.29, 0.717) is 61.0 Å². The molecule has 4 unspecified atom stereocenters. The van der Waals surface area contributed by atoms with Crippen LogP contribution in [0.15, 0.2) is 36.7 Å². The summed E-state index contributed by atoms with van der Waals surface area (Å²) in [7, 11) is -11.4. The van der Waals surface area contributed by atoms with Crippen LogP contribution in [0.3, 0.4) is 0 Å². The Hall–Kier alpha value is -3.76. The smallest absolute Gasteiger partial charge is 0.457 e. The lowest BCUT2D eigenvalue weighted by molar-refractivity contribution is -0.133. The van der Waals surface area contributed by atoms with Crippen molar-refractivity contribution in [3.05, 3.63) is 90.4 Å². The van der Waals surface area contributed by atoms with Crippen molar-refractivity contribution >= 4 is 78.3 Å². The molecule has 340 valence electrons. The average Bonchev–Trinajstić information content (AvgIpc) is 3.98. The Morgan fingerprint density at radius 3 is 1.29 bits per heavy atom. The van der Waals surface area contributed by atoms with Gasteiger partial charge in [0, 0.05) is 69.5 Å². The van der Waals surface area contributed by atoms with Crippen LogP contribution in [0.1, 0.15) is 59.3 Å². The maximum Gasteiger partial charge on any atom is 0.518 e. The van der Waals surface area contributed by atoms with E-state index in [1.54, 1.807) is 9.80 Å². The predicted octanol–water partition coefficient (Wildman–Crippen LogP) is 7.78. The zero-order valence-corrected chi connectivity index (χ0v) is 37.1. The molecule has 0 N–H and O–H groups in total. The lowest BCUT2D eigenvalue weighted by atomic mass is 9.92. The lowest BCUT2D eigenvalue weighted by Crippen LogP contribution is -2.41. The minimum atomic E-state index is -5.68. The van der Waals surface area contributed by atoms with E-state index in [4.69, 9.17) is 51.1 Å². The molecule has 4 atom stereocenters. The van der Waals surface area contributed by atoms with E-state index >= 15 is 0 Å². The molecular weight excluding hydrogens is 972 g/mol. The van der Waals surface area contributed by atoms with Crippen LogP contribution in [-0.2, 0) is 68.2 Å². The van der Waals surface area contributed by atoms with Gasteiger partial charge in [0.15, 0.2) is 0 Å². The second-order valence-electron chi connectivity index (χ2n) is 15.9. The van der Waals surface area contributed by atoms with Gasteiger partial charge < -0.3 is 14.5 Å². The molecule has 13 nitrogen and oxygen atoms in total. The number of rotatable bonds is 10. The third-order valence-corrected chi connectivity index (χ3v) is 16.0. The van der Waals surface area contributed by atoms with Gasteiger partial charge in [-0.1, -0.05) is 46.4 Å². The highest BCUT2D eigenvalue weighted by Crippen LogP contribution is 2.41. The number of alkyl halides is 6. The molecular formula is C38H34Cl4F6N6O7S2. The molecule has 2 saturated heterocycles. The molecule has 2 aliphatic carbocycles. The van der Waals surface area contributed by atoms with Gasteiger partial charge in [-0.3, -0.25) is 9.59 Å². The van der Waals surface area contributed by atoms with Crippen LogP contribution in [0.25, 0.3) is 0 Å². The van der Waals surface area contributed by atoms with Gasteiger partial charge in [0.05, 0.1) is 11.4 Å². The first-order valence-electron chi connectivity index (χ1n) is 19.5. The standard InChI is InChI=1S/C38H34Cl4F6N6O7S2/c39-29-13-25(14-30(40)27(29)11-19-5-7-51(35(19)55)23-1-3-33-21(9-23)17-53(49-33)62(57,58)37(43,44)45)61-26-15-31(41)28(32(42)16-26)12-20-6-8-52(36(20)56)24-2-4-34-22(10-24)18-54(50-34)63(59,60)38(46,47)48/h13-20,23-24H,1-12H2. The van der Waals surface area contributed by atoms with E-state index < -0.39 is 42.9 Å². The first-order valence-corrected chi connectivity index (χ1v) is 23.8. The zero-order chi connectivity index (χ0) is 45.6. The molecule has 2 aliphatic heterocycles. The van der Waals surface area contributed by atoms with Crippen molar-refractivity contribution in [1.29, 1.82) is 0 Å². The summed E-state index contributed by atoms with van der Waals surface area (Å²) in [5, 5.41) is 8.20. The molecule has 2 fully saturated rings. The first kappa shape index (κ1) is 45.8. The SMILES string of the molecule is O=C1C(Cc2c(Cl)cc(Oc3cc(Cl)c(CC4CCN(C5CCc6nn(S(=O)(=O)C(F)(F)F)cc6C5)C4=O)c(Cl)c3)cc2Cl)CCN1C1CCc2nn(S(=O)(=O)C(F)(F)F)cc2C1. The number of hydrogen-bond donors (Lipinski definition) is 0. The quantitative estimate of drug-likeness (QED) is 0.145. The molecule has 2 aromatic carbocycles. The molecule has 4 aliphatic rings. The molecule has 0 spiro atoms. The van der Waals surface area contributed by atoms with E-state index in [1.165, 1.54) is 24.3 Å². The Bertz CT molecular complexity index is 2520. The Morgan fingerprint density at radius 2 is 0.952 bits per heavy atom. The summed E-state index contributed by atoms with van der Waals surface area (Å²) >= 11 is 26.7. The summed E-state index contributed by atoms with van der Waals surface area (Å²) in [6.07, 6.45) is 4.50. The fraction of sp³-hybridized carbons (Fsp3) is 0.474. The molecule has 25 heteroatoms. The van der Waals surface area contributed by atoms with Crippen molar-refractivity contribution in [3.8, 4) is 11.5 Å². The Kier molecular flexibility index (Phi) is 12.1. The third-order valence-electron chi connectivity index (χ3n) is 12.1. The molecule has 8 rings (SSSR count). The summed E-state index contributed by atoms with van der Waals surface area (Å²) in [5.74, 6) is -0.912. The Labute approximate surface area is 376 Å². The summed E-state index contributed by atoms with van der Waals surface area (Å²) < 4.78 is 132. The van der Waals surface area contributed by atoms with E-state index in [1.807, 2.05) is 0 Å². The molecule has 4 heterocycles. The largest absolute Gasteiger partial charge is 0.518 e. The topological polar surface area (TPSA) is 154 Å². The van der Waals surface area contributed by atoms with Gasteiger partial charge in [0.2, 0.25) is 11.8 Å². The molecule has 0 radical (unpaired) electrons. The van der Waals surface area contributed by atoms with Crippen LogP contribution in [0.2, 0.25) is 20.1 Å². The highest BCUT2D eigenvalue weighted by molar-refractivity contribution is 7.90. The normalized spacial score (nSPS) is 22.2. The maximum atomic E-state index is 13.6. The summed E-state index contributed by atoms with van der Waals surface area (Å²) in [6, 6.07) is 5.35. The van der Waals surface area contributed by atoms with Gasteiger partial charge >= 0.3 is 31.1 Å². The number of benzene rings is 2. The van der Waals surface area contributed by atoms with Gasteiger partial charge in [-0.05, 0) is 111 Å². The number of aryl methyl sites for hydroxylation is 2. The fourth-order valence-electron chi connectivity index (χ4n) is 8.84. The lowest BCUT2D eigenvalue weighted by Gasteiger charge is -2.31. The van der Waals surface area contributed by atoms with E-state index in [-0.39, 0.29) is 114 Å². The molecule has 2 aromatic heterocycles. The number of fused-ring (bicyclic) bond motifs is 2. The van der Waals surface area contributed by atoms with Crippen molar-refractivity contribution in [2.45, 2.75) is 87.3 Å². The van der Waals surface area contributed by atoms with Crippen molar-refractivity contribution < 1.29 is 57.5 Å². The summed E-state index contributed by atoms with van der Waals surface area (Å²) in [5.41, 5.74) is -8.90. The second-order valence-corrected chi connectivity index (χ2v) is 21.1. The van der Waals surface area contributed by atoms with Crippen molar-refractivity contribution in [3.63, 3.8) is 0 Å². The number of aromatic nitrogens is 4. The Morgan fingerprint density at radius 1 is 0.603 bits per heavy atom.